The van der Waals surface area contributed by atoms with Crippen molar-refractivity contribution in [2.75, 3.05) is 7.11 Å². The maximum Gasteiger partial charge on any atom is 0.341 e. The van der Waals surface area contributed by atoms with Gasteiger partial charge in [0, 0.05) is 0 Å². The molecule has 0 radical (unpaired) electrons. The van der Waals surface area contributed by atoms with Crippen LogP contribution in [0.3, 0.4) is 0 Å². The predicted octanol–water partition coefficient (Wildman–Crippen LogP) is 2.59. The Bertz CT molecular complexity index is 656. The Balaban J connectivity index is 2.49. The van der Waals surface area contributed by atoms with Crippen LogP contribution in [-0.4, -0.2) is 28.4 Å². The van der Waals surface area contributed by atoms with Gasteiger partial charge in [-0.25, -0.2) is 4.79 Å². The first-order valence-electron chi connectivity index (χ1n) is 5.92. The van der Waals surface area contributed by atoms with Crippen LogP contribution in [0.1, 0.15) is 21.6 Å². The number of nitrogens with zero attached hydrogens (tertiary/aromatic N) is 2. The molecule has 2 aromatic rings. The van der Waals surface area contributed by atoms with Gasteiger partial charge in [-0.1, -0.05) is 12.1 Å². The Morgan fingerprint density at radius 1 is 1.15 bits per heavy atom. The third-order valence-electron chi connectivity index (χ3n) is 2.91. The number of benzene rings is 1. The highest BCUT2D eigenvalue weighted by atomic mass is 16.5. The monoisotopic (exact) mass is 274 g/mol. The van der Waals surface area contributed by atoms with E-state index in [4.69, 9.17) is 9.47 Å². The highest BCUT2D eigenvalue weighted by molar-refractivity contribution is 5.92. The molecule has 0 unspecified atom stereocenters. The fourth-order valence-electron chi connectivity index (χ4n) is 1.72. The Morgan fingerprint density at radius 3 is 2.40 bits per heavy atom. The second-order valence-corrected chi connectivity index (χ2v) is 4.15. The van der Waals surface area contributed by atoms with Gasteiger partial charge >= 0.3 is 5.97 Å². The number of rotatable bonds is 4. The van der Waals surface area contributed by atoms with Gasteiger partial charge in [0.2, 0.25) is 0 Å². The molecule has 1 N–H and O–H groups in total. The fraction of sp³-hybridized carbons (Fsp3) is 0.214. The minimum absolute atomic E-state index is 0.00315. The number of hydrogen-bond acceptors (Lipinski definition) is 5. The molecule has 6 heteroatoms. The molecule has 0 saturated carbocycles. The van der Waals surface area contributed by atoms with E-state index in [2.05, 4.69) is 10.2 Å². The summed E-state index contributed by atoms with van der Waals surface area (Å²) in [6.45, 7) is 3.37. The lowest BCUT2D eigenvalue weighted by Crippen LogP contribution is -2.08. The van der Waals surface area contributed by atoms with Crippen molar-refractivity contribution in [1.29, 1.82) is 0 Å². The molecule has 1 heterocycles. The van der Waals surface area contributed by atoms with Gasteiger partial charge in [0.15, 0.2) is 11.5 Å². The molecule has 2 rings (SSSR count). The normalized spacial score (nSPS) is 10.2. The van der Waals surface area contributed by atoms with Crippen LogP contribution in [0.15, 0.2) is 24.3 Å². The summed E-state index contributed by atoms with van der Waals surface area (Å²) in [6, 6.07) is 6.92. The zero-order chi connectivity index (χ0) is 14.7. The van der Waals surface area contributed by atoms with Gasteiger partial charge in [0.05, 0.1) is 12.8 Å². The Morgan fingerprint density at radius 2 is 1.80 bits per heavy atom. The van der Waals surface area contributed by atoms with Crippen LogP contribution in [0.2, 0.25) is 0 Å². The Hall–Kier alpha value is -2.63. The molecule has 0 spiro atoms. The number of methoxy groups -OCH3 is 1. The van der Waals surface area contributed by atoms with Crippen molar-refractivity contribution >= 4 is 5.97 Å². The number of para-hydroxylation sites is 2. The molecule has 104 valence electrons. The van der Waals surface area contributed by atoms with E-state index in [1.54, 1.807) is 38.1 Å². The second-order valence-electron chi connectivity index (χ2n) is 4.15. The van der Waals surface area contributed by atoms with Gasteiger partial charge < -0.3 is 14.6 Å². The summed E-state index contributed by atoms with van der Waals surface area (Å²) in [7, 11) is 1.51. The molecule has 0 bridgehead atoms. The molecule has 0 aliphatic carbocycles. The standard InChI is InChI=1S/C14H14N2O4/c1-8-9(2)15-16-13(12(8)14(17)18)20-11-7-5-4-6-10(11)19-3/h4-7H,1-3H3,(H,17,18). The lowest BCUT2D eigenvalue weighted by Gasteiger charge is -2.12. The minimum Gasteiger partial charge on any atom is -0.493 e. The number of aryl methyl sites for hydroxylation is 1. The summed E-state index contributed by atoms with van der Waals surface area (Å²) in [5, 5.41) is 17.0. The van der Waals surface area contributed by atoms with E-state index in [1.165, 1.54) is 7.11 Å². The number of aromatic nitrogens is 2. The van der Waals surface area contributed by atoms with E-state index >= 15 is 0 Å². The number of hydrogen-bond donors (Lipinski definition) is 1. The zero-order valence-electron chi connectivity index (χ0n) is 11.4. The summed E-state index contributed by atoms with van der Waals surface area (Å²) < 4.78 is 10.7. The Kier molecular flexibility index (Phi) is 3.84. The Labute approximate surface area is 116 Å². The summed E-state index contributed by atoms with van der Waals surface area (Å²) in [6.07, 6.45) is 0. The first-order chi connectivity index (χ1) is 9.54. The van der Waals surface area contributed by atoms with E-state index in [1.807, 2.05) is 0 Å². The second kappa shape index (κ2) is 5.56. The topological polar surface area (TPSA) is 81.5 Å². The van der Waals surface area contributed by atoms with Gasteiger partial charge in [-0.05, 0) is 31.5 Å². The third-order valence-corrected chi connectivity index (χ3v) is 2.91. The van der Waals surface area contributed by atoms with Crippen molar-refractivity contribution in [2.24, 2.45) is 0 Å². The number of carboxylic acids is 1. The molecular weight excluding hydrogens is 260 g/mol. The average Bonchev–Trinajstić information content (AvgIpc) is 2.43. The van der Waals surface area contributed by atoms with Crippen molar-refractivity contribution in [3.63, 3.8) is 0 Å². The molecule has 6 nitrogen and oxygen atoms in total. The maximum atomic E-state index is 11.4. The smallest absolute Gasteiger partial charge is 0.341 e. The van der Waals surface area contributed by atoms with E-state index in [0.29, 0.717) is 22.8 Å². The number of carboxylic acid groups (broad SMARTS) is 1. The third kappa shape index (κ3) is 2.54. The van der Waals surface area contributed by atoms with Gasteiger partial charge in [0.25, 0.3) is 5.88 Å². The molecule has 0 amide bonds. The first kappa shape index (κ1) is 13.8. The SMILES string of the molecule is COc1ccccc1Oc1nnc(C)c(C)c1C(=O)O. The summed E-state index contributed by atoms with van der Waals surface area (Å²) in [5.74, 6) is -0.283. The van der Waals surface area contributed by atoms with Crippen molar-refractivity contribution in [2.45, 2.75) is 13.8 Å². The van der Waals surface area contributed by atoms with E-state index in [9.17, 15) is 9.90 Å². The summed E-state index contributed by atoms with van der Waals surface area (Å²) >= 11 is 0. The highest BCUT2D eigenvalue weighted by Gasteiger charge is 2.20. The van der Waals surface area contributed by atoms with Crippen LogP contribution < -0.4 is 9.47 Å². The maximum absolute atomic E-state index is 11.4. The van der Waals surface area contributed by atoms with Crippen molar-refractivity contribution in [3.05, 3.63) is 41.1 Å². The zero-order valence-corrected chi connectivity index (χ0v) is 11.4. The number of ether oxygens (including phenoxy) is 2. The predicted molar refractivity (Wildman–Crippen MR) is 71.5 cm³/mol. The van der Waals surface area contributed by atoms with Crippen molar-refractivity contribution in [3.8, 4) is 17.4 Å². The summed E-state index contributed by atoms with van der Waals surface area (Å²) in [4.78, 5) is 11.4. The van der Waals surface area contributed by atoms with Crippen molar-refractivity contribution in [1.82, 2.24) is 10.2 Å². The molecule has 0 saturated heterocycles. The van der Waals surface area contributed by atoms with Crippen LogP contribution in [0, 0.1) is 13.8 Å². The molecule has 0 fully saturated rings. The van der Waals surface area contributed by atoms with Crippen LogP contribution in [-0.2, 0) is 0 Å². The largest absolute Gasteiger partial charge is 0.493 e. The van der Waals surface area contributed by atoms with E-state index in [0.717, 1.165) is 0 Å². The van der Waals surface area contributed by atoms with E-state index in [-0.39, 0.29) is 11.4 Å². The highest BCUT2D eigenvalue weighted by Crippen LogP contribution is 2.32. The van der Waals surface area contributed by atoms with Crippen LogP contribution in [0.25, 0.3) is 0 Å². The first-order valence-corrected chi connectivity index (χ1v) is 5.92. The molecule has 1 aromatic heterocycles. The van der Waals surface area contributed by atoms with Crippen LogP contribution >= 0.6 is 0 Å². The van der Waals surface area contributed by atoms with Crippen molar-refractivity contribution < 1.29 is 19.4 Å². The lowest BCUT2D eigenvalue weighted by molar-refractivity contribution is 0.0692. The molecule has 20 heavy (non-hydrogen) atoms. The minimum atomic E-state index is -1.11. The van der Waals surface area contributed by atoms with Gasteiger partial charge in [-0.3, -0.25) is 0 Å². The number of aromatic carboxylic acids is 1. The molecule has 0 atom stereocenters. The molecule has 0 aliphatic rings. The number of carbonyl (C=O) groups is 1. The van der Waals surface area contributed by atoms with Gasteiger partial charge in [-0.15, -0.1) is 5.10 Å². The lowest BCUT2D eigenvalue weighted by atomic mass is 10.1. The van der Waals surface area contributed by atoms with E-state index < -0.39 is 5.97 Å². The average molecular weight is 274 g/mol. The van der Waals surface area contributed by atoms with Gasteiger partial charge in [0.1, 0.15) is 5.56 Å². The van der Waals surface area contributed by atoms with Crippen LogP contribution in [0.4, 0.5) is 0 Å². The molecule has 1 aromatic carbocycles. The molecule has 0 aliphatic heterocycles. The molecular formula is C14H14N2O4. The summed E-state index contributed by atoms with van der Waals surface area (Å²) in [5.41, 5.74) is 1.08. The quantitative estimate of drug-likeness (QED) is 0.922. The van der Waals surface area contributed by atoms with Gasteiger partial charge in [-0.2, -0.15) is 5.10 Å². The van der Waals surface area contributed by atoms with Crippen LogP contribution in [0.5, 0.6) is 17.4 Å². The fourth-order valence-corrected chi connectivity index (χ4v) is 1.72.